The van der Waals surface area contributed by atoms with E-state index in [4.69, 9.17) is 38.6 Å². The van der Waals surface area contributed by atoms with Crippen LogP contribution in [0.25, 0.3) is 22.5 Å². The number of hydrogen-bond donors (Lipinski definition) is 0. The molecule has 8 aromatic rings. The van der Waals surface area contributed by atoms with E-state index in [1.807, 2.05) is 11.4 Å². The molecule has 0 bridgehead atoms. The molecular weight excluding hydrogens is 1200 g/mol. The molecule has 4 atom stereocenters. The molecular formula is C54H54F4N10Na2O10P2S2. The van der Waals surface area contributed by atoms with E-state index >= 15 is 8.78 Å². The first-order valence-electron chi connectivity index (χ1n) is 24.7. The molecule has 0 radical (unpaired) electrons. The van der Waals surface area contributed by atoms with Gasteiger partial charge in [0.15, 0.2) is 13.6 Å². The smallest absolute Gasteiger partial charge is 0.790 e. The number of thiazole rings is 2. The minimum absolute atomic E-state index is 0. The maximum atomic E-state index is 15.7. The van der Waals surface area contributed by atoms with Crippen LogP contribution in [0.4, 0.5) is 17.6 Å². The van der Waals surface area contributed by atoms with Gasteiger partial charge in [-0.2, -0.15) is 20.7 Å². The van der Waals surface area contributed by atoms with Crippen LogP contribution in [-0.4, -0.2) is 64.3 Å². The van der Waals surface area contributed by atoms with Gasteiger partial charge >= 0.3 is 66.9 Å². The van der Waals surface area contributed by atoms with Crippen molar-refractivity contribution >= 4 is 38.3 Å². The maximum Gasteiger partial charge on any atom is 1.00 e. The van der Waals surface area contributed by atoms with Crippen LogP contribution in [0.3, 0.4) is 0 Å². The third-order valence-corrected chi connectivity index (χ3v) is 16.6. The molecule has 4 aromatic carbocycles. The topological polar surface area (TPSA) is 270 Å². The van der Waals surface area contributed by atoms with Gasteiger partial charge in [0.2, 0.25) is 0 Å². The summed E-state index contributed by atoms with van der Waals surface area (Å²) >= 11 is 2.55. The van der Waals surface area contributed by atoms with Crippen molar-refractivity contribution in [1.29, 1.82) is 10.5 Å². The third-order valence-electron chi connectivity index (χ3n) is 12.1. The molecule has 4 aromatic heterocycles. The number of rotatable bonds is 22. The number of aromatic nitrogens is 8. The monoisotopic (exact) mass is 1250 g/mol. The Labute approximate surface area is 534 Å². The molecule has 0 saturated carbocycles. The van der Waals surface area contributed by atoms with Gasteiger partial charge in [0.05, 0.1) is 76.8 Å². The SMILES string of the molecule is C[C@@H](c1nc(-c2ccc(C#N)cc2)cs1)[C@@](Cn1cncn1)(OCOP(=O)(OC(C)(C)C)OC(C)(C)C)c1ccc(F)cc1F.C[C@@H](c1nc(-c2ccc(C#N)cc2)cs1)[C@@](Cn1cncn1)(OCOP(=O)([O-])[O-])c1ccc(F)cc1F.[Na+].[Na+]. The van der Waals surface area contributed by atoms with Crippen LogP contribution in [0.5, 0.6) is 0 Å². The third kappa shape index (κ3) is 18.6. The van der Waals surface area contributed by atoms with Crippen molar-refractivity contribution in [2.24, 2.45) is 0 Å². The van der Waals surface area contributed by atoms with E-state index in [9.17, 15) is 27.7 Å². The van der Waals surface area contributed by atoms with Crippen molar-refractivity contribution in [3.63, 3.8) is 0 Å². The molecule has 0 aliphatic carbocycles. The zero-order chi connectivity index (χ0) is 59.7. The predicted octanol–water partition coefficient (Wildman–Crippen LogP) is 5.06. The molecule has 0 spiro atoms. The largest absolute Gasteiger partial charge is 1.00 e. The van der Waals surface area contributed by atoms with Gasteiger partial charge in [-0.05, 0) is 77.9 Å². The summed E-state index contributed by atoms with van der Waals surface area (Å²) in [4.78, 5) is 39.6. The number of phosphoric ester groups is 2. The van der Waals surface area contributed by atoms with E-state index in [1.165, 1.54) is 69.5 Å². The first-order valence-corrected chi connectivity index (χ1v) is 29.4. The summed E-state index contributed by atoms with van der Waals surface area (Å²) in [7, 11) is -9.65. The van der Waals surface area contributed by atoms with E-state index < -0.39 is 86.7 Å². The summed E-state index contributed by atoms with van der Waals surface area (Å²) < 4.78 is 120. The average molecular weight is 1250 g/mol. The van der Waals surface area contributed by atoms with Crippen LogP contribution in [-0.2, 0) is 61.0 Å². The molecule has 0 amide bonds. The number of halogens is 4. The zero-order valence-electron chi connectivity index (χ0n) is 47.3. The number of ether oxygens (including phenoxy) is 2. The van der Waals surface area contributed by atoms with E-state index in [2.05, 4.69) is 35.7 Å². The van der Waals surface area contributed by atoms with Crippen LogP contribution in [0.15, 0.2) is 121 Å². The summed E-state index contributed by atoms with van der Waals surface area (Å²) in [5.74, 6) is -4.94. The molecule has 0 aliphatic heterocycles. The Hall–Kier alpha value is -4.74. The Morgan fingerprint density at radius 2 is 0.988 bits per heavy atom. The number of nitrogens with zero attached hydrogens (tertiary/aromatic N) is 10. The van der Waals surface area contributed by atoms with E-state index in [0.717, 1.165) is 29.3 Å². The summed E-state index contributed by atoms with van der Waals surface area (Å²) in [5.41, 5.74) is -1.64. The molecule has 84 heavy (non-hydrogen) atoms. The van der Waals surface area contributed by atoms with Crippen molar-refractivity contribution in [3.8, 4) is 34.7 Å². The Bertz CT molecular complexity index is 3600. The number of nitriles is 2. The predicted molar refractivity (Wildman–Crippen MR) is 288 cm³/mol. The number of benzene rings is 4. The van der Waals surface area contributed by atoms with Gasteiger partial charge in [-0.25, -0.2) is 51.4 Å². The Morgan fingerprint density at radius 1 is 0.607 bits per heavy atom. The van der Waals surface area contributed by atoms with Crippen molar-refractivity contribution < 1.29 is 123 Å². The molecule has 0 aliphatic rings. The second-order valence-corrected chi connectivity index (χ2v) is 24.7. The van der Waals surface area contributed by atoms with Gasteiger partial charge in [-0.1, -0.05) is 50.2 Å². The fourth-order valence-electron chi connectivity index (χ4n) is 8.39. The maximum absolute atomic E-state index is 15.7. The molecule has 0 unspecified atom stereocenters. The van der Waals surface area contributed by atoms with Crippen molar-refractivity contribution in [2.75, 3.05) is 13.6 Å². The zero-order valence-corrected chi connectivity index (χ0v) is 54.7. The van der Waals surface area contributed by atoms with Crippen molar-refractivity contribution in [1.82, 2.24) is 39.5 Å². The van der Waals surface area contributed by atoms with Crippen molar-refractivity contribution in [3.05, 3.63) is 177 Å². The second-order valence-electron chi connectivity index (χ2n) is 20.3. The summed E-state index contributed by atoms with van der Waals surface area (Å²) in [6, 6.07) is 23.9. The summed E-state index contributed by atoms with van der Waals surface area (Å²) in [6.07, 6.45) is 5.33. The standard InChI is InChI=1S/C31H36F2N5O5PS.C23H20F2N5O5PS.2Na/c1-21(28-37-27(16-45-28)23-10-8-22(15-34)9-11-23)31(17-38-19-35-18-36-38,25-13-12-24(32)14-26(25)33)40-20-41-44(39,42-29(2,3)4)43-30(5,6)7;1-15(22-29-21(10-37-22)17-4-2-16(9-26)3-5-17)23(11-30-13-27-12-28-30,34-14-35-36(31,32)33)19-7-6-18(24)8-20(19)25;;/h8-14,16,18-19,21H,17,20H2,1-7H3;2-8,10,12-13,15H,11,14H2,1H3,(H2,31,32,33);;/q;;2*+1/p-2/t21-,31+;15-,23+;;/m00../s1. The first-order chi connectivity index (χ1) is 38.6. The van der Waals surface area contributed by atoms with Gasteiger partial charge in [0, 0.05) is 57.0 Å². The molecule has 0 fully saturated rings. The quantitative estimate of drug-likeness (QED) is 0.0371. The minimum atomic E-state index is -5.43. The molecule has 8 rings (SSSR count). The van der Waals surface area contributed by atoms with Gasteiger partial charge in [-0.3, -0.25) is 13.6 Å². The molecule has 30 heteroatoms. The summed E-state index contributed by atoms with van der Waals surface area (Å²) in [5, 5.41) is 31.1. The number of phosphoric acid groups is 2. The van der Waals surface area contributed by atoms with Crippen LogP contribution in [0.1, 0.15) is 99.5 Å². The van der Waals surface area contributed by atoms with Gasteiger partial charge in [-0.15, -0.1) is 22.7 Å². The normalized spacial score (nSPS) is 14.0. The van der Waals surface area contributed by atoms with Crippen molar-refractivity contribution in [2.45, 2.75) is 103 Å². The Kier molecular flexibility index (Phi) is 24.8. The van der Waals surface area contributed by atoms with E-state index in [-0.39, 0.29) is 83.3 Å². The fourth-order valence-corrected chi connectivity index (χ4v) is 12.2. The van der Waals surface area contributed by atoms with Gasteiger partial charge < -0.3 is 28.3 Å². The van der Waals surface area contributed by atoms with Crippen LogP contribution in [0, 0.1) is 45.9 Å². The van der Waals surface area contributed by atoms with Crippen LogP contribution < -0.4 is 68.9 Å². The Morgan fingerprint density at radius 3 is 1.31 bits per heavy atom. The molecule has 4 heterocycles. The molecule has 0 N–H and O–H groups in total. The van der Waals surface area contributed by atoms with Gasteiger partial charge in [0.1, 0.15) is 59.8 Å². The Balaban J connectivity index is 0.000000305. The summed E-state index contributed by atoms with van der Waals surface area (Å²) in [6.45, 7) is 11.7. The molecule has 20 nitrogen and oxygen atoms in total. The second kappa shape index (κ2) is 29.8. The van der Waals surface area contributed by atoms with E-state index in [1.54, 1.807) is 109 Å². The van der Waals surface area contributed by atoms with Crippen LogP contribution in [0.2, 0.25) is 0 Å². The first kappa shape index (κ1) is 70.0. The molecule has 432 valence electrons. The number of hydrogen-bond acceptors (Lipinski definition) is 20. The van der Waals surface area contributed by atoms with E-state index in [0.29, 0.717) is 38.6 Å². The average Bonchev–Trinajstić information content (AvgIpc) is 3.99. The minimum Gasteiger partial charge on any atom is -0.790 e. The van der Waals surface area contributed by atoms with Gasteiger partial charge in [0.25, 0.3) is 0 Å². The van der Waals surface area contributed by atoms with Crippen LogP contribution >= 0.6 is 38.3 Å². The molecule has 0 saturated heterocycles. The fraction of sp³-hybridized carbons (Fsp3) is 0.333.